The zero-order valence-corrected chi connectivity index (χ0v) is 11.1. The monoisotopic (exact) mass is 285 g/mol. The van der Waals surface area contributed by atoms with Crippen molar-refractivity contribution in [2.75, 3.05) is 37.7 Å². The summed E-state index contributed by atoms with van der Waals surface area (Å²) in [5, 5.41) is 18.0. The Balaban J connectivity index is 2.05. The molecule has 2 saturated heterocycles. The van der Waals surface area contributed by atoms with Crippen molar-refractivity contribution in [1.82, 2.24) is 9.80 Å². The third-order valence-corrected chi connectivity index (χ3v) is 4.16. The summed E-state index contributed by atoms with van der Waals surface area (Å²) in [5.41, 5.74) is 0. The molecule has 0 aliphatic carbocycles. The van der Waals surface area contributed by atoms with Gasteiger partial charge in [-0.05, 0) is 0 Å². The van der Waals surface area contributed by atoms with Crippen LogP contribution in [0.1, 0.15) is 0 Å². The zero-order valence-electron chi connectivity index (χ0n) is 10.3. The number of morpholine rings is 1. The van der Waals surface area contributed by atoms with Crippen molar-refractivity contribution in [1.29, 1.82) is 5.26 Å². The number of carbonyl (C=O) groups excluding carboxylic acids is 1. The first-order valence-electron chi connectivity index (χ1n) is 6.01. The molecule has 104 valence electrons. The van der Waals surface area contributed by atoms with Gasteiger partial charge in [-0.3, -0.25) is 0 Å². The average molecular weight is 285 g/mol. The molecule has 2 unspecified atom stereocenters. The van der Waals surface area contributed by atoms with Gasteiger partial charge in [-0.25, -0.2) is 9.59 Å². The molecule has 0 aromatic carbocycles. The quantitative estimate of drug-likeness (QED) is 0.719. The fourth-order valence-corrected chi connectivity index (χ4v) is 3.16. The highest BCUT2D eigenvalue weighted by atomic mass is 32.2. The van der Waals surface area contributed by atoms with Crippen molar-refractivity contribution < 1.29 is 19.4 Å². The molecule has 0 spiro atoms. The van der Waals surface area contributed by atoms with Gasteiger partial charge in [0.25, 0.3) is 0 Å². The first-order chi connectivity index (χ1) is 9.13. The van der Waals surface area contributed by atoms with Gasteiger partial charge in [0.15, 0.2) is 6.10 Å². The van der Waals surface area contributed by atoms with Crippen LogP contribution in [0.4, 0.5) is 4.79 Å². The van der Waals surface area contributed by atoms with Crippen LogP contribution in [-0.4, -0.2) is 76.8 Å². The Hall–Kier alpha value is -1.46. The number of thioether (sulfide) groups is 1. The van der Waals surface area contributed by atoms with E-state index < -0.39 is 18.1 Å². The van der Waals surface area contributed by atoms with E-state index in [1.165, 1.54) is 21.6 Å². The molecule has 0 bridgehead atoms. The minimum atomic E-state index is -0.981. The fourth-order valence-electron chi connectivity index (χ4n) is 2.12. The van der Waals surface area contributed by atoms with Crippen molar-refractivity contribution >= 4 is 23.8 Å². The molecule has 0 aromatic heterocycles. The highest BCUT2D eigenvalue weighted by Gasteiger charge is 2.36. The summed E-state index contributed by atoms with van der Waals surface area (Å²) in [6.07, 6.45) is -0.625. The number of urea groups is 1. The van der Waals surface area contributed by atoms with Crippen LogP contribution in [0.25, 0.3) is 0 Å². The molecule has 1 N–H and O–H groups in total. The van der Waals surface area contributed by atoms with Crippen LogP contribution in [0.2, 0.25) is 0 Å². The number of carbonyl (C=O) groups is 2. The lowest BCUT2D eigenvalue weighted by molar-refractivity contribution is -0.141. The number of ether oxygens (including phenoxy) is 1. The van der Waals surface area contributed by atoms with Crippen molar-refractivity contribution in [3.63, 3.8) is 0 Å². The number of hydrogen-bond donors (Lipinski definition) is 1. The normalized spacial score (nSPS) is 27.7. The van der Waals surface area contributed by atoms with Crippen molar-refractivity contribution in [2.24, 2.45) is 0 Å². The fraction of sp³-hybridized carbons (Fsp3) is 0.727. The topological polar surface area (TPSA) is 93.9 Å². The Morgan fingerprint density at radius 2 is 2.21 bits per heavy atom. The van der Waals surface area contributed by atoms with Gasteiger partial charge in [-0.15, -0.1) is 0 Å². The minimum absolute atomic E-state index is 0.200. The van der Waals surface area contributed by atoms with Gasteiger partial charge < -0.3 is 19.6 Å². The second kappa shape index (κ2) is 6.12. The predicted octanol–water partition coefficient (Wildman–Crippen LogP) is -0.167. The third-order valence-electron chi connectivity index (χ3n) is 3.14. The van der Waals surface area contributed by atoms with E-state index in [9.17, 15) is 9.59 Å². The van der Waals surface area contributed by atoms with Crippen LogP contribution < -0.4 is 0 Å². The summed E-state index contributed by atoms with van der Waals surface area (Å²) < 4.78 is 5.18. The Morgan fingerprint density at radius 3 is 2.89 bits per heavy atom. The first kappa shape index (κ1) is 14.0. The average Bonchev–Trinajstić information content (AvgIpc) is 2.46. The number of amides is 2. The van der Waals surface area contributed by atoms with Crippen LogP contribution >= 0.6 is 11.8 Å². The molecule has 0 aromatic rings. The molecule has 0 saturated carbocycles. The number of rotatable bonds is 1. The molecule has 0 radical (unpaired) electrons. The van der Waals surface area contributed by atoms with E-state index in [1.807, 2.05) is 6.07 Å². The standard InChI is InChI=1S/C11H15N3O4S/c12-5-8-6-13(1-3-18-8)11(17)14-2-4-19-7-9(14)10(15)16/h8-9H,1-4,6-7H2,(H,15,16). The summed E-state index contributed by atoms with van der Waals surface area (Å²) in [6.45, 7) is 1.33. The molecule has 2 aliphatic rings. The lowest BCUT2D eigenvalue weighted by Gasteiger charge is -2.38. The largest absolute Gasteiger partial charge is 0.480 e. The van der Waals surface area contributed by atoms with Gasteiger partial charge >= 0.3 is 12.0 Å². The SMILES string of the molecule is N#CC1CN(C(=O)N2CCSCC2C(=O)O)CCO1. The molecule has 2 aliphatic heterocycles. The van der Waals surface area contributed by atoms with Gasteiger partial charge in [0.2, 0.25) is 0 Å². The van der Waals surface area contributed by atoms with Crippen LogP contribution in [0, 0.1) is 11.3 Å². The molecular formula is C11H15N3O4S. The molecule has 2 atom stereocenters. The van der Waals surface area contributed by atoms with Crippen LogP contribution in [0.3, 0.4) is 0 Å². The van der Waals surface area contributed by atoms with Crippen molar-refractivity contribution in [3.05, 3.63) is 0 Å². The van der Waals surface area contributed by atoms with Crippen molar-refractivity contribution in [3.8, 4) is 6.07 Å². The van der Waals surface area contributed by atoms with Crippen LogP contribution in [0.5, 0.6) is 0 Å². The molecule has 2 fully saturated rings. The number of hydrogen-bond acceptors (Lipinski definition) is 5. The number of nitriles is 1. The Bertz CT molecular complexity index is 411. The summed E-state index contributed by atoms with van der Waals surface area (Å²) in [5.74, 6) is 0.167. The van der Waals surface area contributed by atoms with E-state index in [4.69, 9.17) is 15.1 Å². The predicted molar refractivity (Wildman–Crippen MR) is 67.8 cm³/mol. The Morgan fingerprint density at radius 1 is 1.42 bits per heavy atom. The molecular weight excluding hydrogens is 270 g/mol. The van der Waals surface area contributed by atoms with Gasteiger partial charge in [-0.2, -0.15) is 17.0 Å². The van der Waals surface area contributed by atoms with E-state index in [1.54, 1.807) is 0 Å². The van der Waals surface area contributed by atoms with E-state index in [0.29, 0.717) is 25.4 Å². The maximum atomic E-state index is 12.3. The number of carboxylic acid groups (broad SMARTS) is 1. The zero-order chi connectivity index (χ0) is 13.8. The van der Waals surface area contributed by atoms with Crippen LogP contribution in [-0.2, 0) is 9.53 Å². The van der Waals surface area contributed by atoms with Gasteiger partial charge in [0.05, 0.1) is 19.2 Å². The summed E-state index contributed by atoms with van der Waals surface area (Å²) >= 11 is 1.53. The molecule has 19 heavy (non-hydrogen) atoms. The maximum absolute atomic E-state index is 12.3. The molecule has 2 heterocycles. The summed E-state index contributed by atoms with van der Waals surface area (Å²) in [4.78, 5) is 26.4. The second-order valence-electron chi connectivity index (χ2n) is 4.34. The van der Waals surface area contributed by atoms with E-state index in [0.717, 1.165) is 5.75 Å². The lowest BCUT2D eigenvalue weighted by atomic mass is 10.2. The van der Waals surface area contributed by atoms with Crippen LogP contribution in [0.15, 0.2) is 0 Å². The van der Waals surface area contributed by atoms with E-state index >= 15 is 0 Å². The number of aliphatic carboxylic acids is 1. The van der Waals surface area contributed by atoms with E-state index in [-0.39, 0.29) is 12.6 Å². The Labute approximate surface area is 115 Å². The minimum Gasteiger partial charge on any atom is -0.480 e. The van der Waals surface area contributed by atoms with Gasteiger partial charge in [0.1, 0.15) is 6.04 Å². The number of carboxylic acids is 1. The summed E-state index contributed by atoms with van der Waals surface area (Å²) in [7, 11) is 0. The smallest absolute Gasteiger partial charge is 0.327 e. The van der Waals surface area contributed by atoms with Gasteiger partial charge in [-0.1, -0.05) is 0 Å². The first-order valence-corrected chi connectivity index (χ1v) is 7.16. The molecule has 2 amide bonds. The van der Waals surface area contributed by atoms with Gasteiger partial charge in [0, 0.05) is 24.6 Å². The summed E-state index contributed by atoms with van der Waals surface area (Å²) in [6, 6.07) is 0.879. The molecule has 2 rings (SSSR count). The highest BCUT2D eigenvalue weighted by Crippen LogP contribution is 2.19. The highest BCUT2D eigenvalue weighted by molar-refractivity contribution is 7.99. The van der Waals surface area contributed by atoms with Crippen molar-refractivity contribution in [2.45, 2.75) is 12.1 Å². The molecule has 7 nitrogen and oxygen atoms in total. The second-order valence-corrected chi connectivity index (χ2v) is 5.49. The molecule has 8 heteroatoms. The van der Waals surface area contributed by atoms with E-state index in [2.05, 4.69) is 0 Å². The lowest BCUT2D eigenvalue weighted by Crippen LogP contribution is -2.57. The third kappa shape index (κ3) is 3.11. The number of nitrogens with zero attached hydrogens (tertiary/aromatic N) is 3. The maximum Gasteiger partial charge on any atom is 0.327 e. The Kier molecular flexibility index (Phi) is 4.50.